The number of aliphatic hydroxyl groups is 1. The van der Waals surface area contributed by atoms with Crippen LogP contribution in [-0.4, -0.2) is 17.6 Å². The molecular formula is C16H12Cl2N2O2. The van der Waals surface area contributed by atoms with Crippen molar-refractivity contribution in [3.8, 4) is 6.07 Å². The van der Waals surface area contributed by atoms with Crippen molar-refractivity contribution in [2.75, 3.05) is 6.54 Å². The Bertz CT molecular complexity index is 721. The highest BCUT2D eigenvalue weighted by molar-refractivity contribution is 6.34. The van der Waals surface area contributed by atoms with Gasteiger partial charge in [0.1, 0.15) is 0 Å². The van der Waals surface area contributed by atoms with Gasteiger partial charge in [0, 0.05) is 22.2 Å². The van der Waals surface area contributed by atoms with Gasteiger partial charge >= 0.3 is 0 Å². The highest BCUT2D eigenvalue weighted by Gasteiger charge is 2.12. The van der Waals surface area contributed by atoms with Gasteiger partial charge in [0.15, 0.2) is 0 Å². The Balaban J connectivity index is 2.02. The zero-order chi connectivity index (χ0) is 16.1. The number of rotatable bonds is 4. The fourth-order valence-corrected chi connectivity index (χ4v) is 2.45. The zero-order valence-corrected chi connectivity index (χ0v) is 12.9. The van der Waals surface area contributed by atoms with Crippen LogP contribution in [0.3, 0.4) is 0 Å². The number of hydrogen-bond acceptors (Lipinski definition) is 3. The maximum Gasteiger partial charge on any atom is 0.251 e. The lowest BCUT2D eigenvalue weighted by Crippen LogP contribution is -2.28. The number of benzene rings is 2. The van der Waals surface area contributed by atoms with Crippen LogP contribution in [0.2, 0.25) is 10.0 Å². The molecule has 1 amide bonds. The lowest BCUT2D eigenvalue weighted by molar-refractivity contribution is 0.0916. The van der Waals surface area contributed by atoms with E-state index in [0.717, 1.165) is 0 Å². The summed E-state index contributed by atoms with van der Waals surface area (Å²) < 4.78 is 0. The Morgan fingerprint density at radius 1 is 1.23 bits per heavy atom. The van der Waals surface area contributed by atoms with E-state index in [1.54, 1.807) is 36.4 Å². The number of nitrogens with one attached hydrogen (secondary N) is 1. The maximum atomic E-state index is 12.0. The normalized spacial score (nSPS) is 11.5. The van der Waals surface area contributed by atoms with Gasteiger partial charge in [-0.05, 0) is 42.0 Å². The third-order valence-corrected chi connectivity index (χ3v) is 3.42. The van der Waals surface area contributed by atoms with Gasteiger partial charge < -0.3 is 10.4 Å². The van der Waals surface area contributed by atoms with E-state index in [4.69, 9.17) is 28.5 Å². The average molecular weight is 335 g/mol. The summed E-state index contributed by atoms with van der Waals surface area (Å²) >= 11 is 11.7. The first-order valence-electron chi connectivity index (χ1n) is 6.42. The van der Waals surface area contributed by atoms with Crippen LogP contribution in [0.4, 0.5) is 0 Å². The molecule has 0 aliphatic rings. The largest absolute Gasteiger partial charge is 0.387 e. The lowest BCUT2D eigenvalue weighted by Gasteiger charge is -2.13. The van der Waals surface area contributed by atoms with Gasteiger partial charge in [-0.2, -0.15) is 5.26 Å². The Labute approximate surface area is 137 Å². The Hall–Kier alpha value is -2.06. The average Bonchev–Trinajstić information content (AvgIpc) is 2.51. The monoisotopic (exact) mass is 334 g/mol. The van der Waals surface area contributed by atoms with E-state index in [1.165, 1.54) is 6.07 Å². The zero-order valence-electron chi connectivity index (χ0n) is 11.4. The molecule has 0 saturated heterocycles. The summed E-state index contributed by atoms with van der Waals surface area (Å²) in [7, 11) is 0. The van der Waals surface area contributed by atoms with Crippen LogP contribution in [0.5, 0.6) is 0 Å². The summed E-state index contributed by atoms with van der Waals surface area (Å²) in [5, 5.41) is 22.3. The SMILES string of the molecule is N#Cc1cccc(C(=O)NCC(O)c2cc(Cl)cc(Cl)c2)c1. The molecule has 2 aromatic carbocycles. The molecule has 4 nitrogen and oxygen atoms in total. The summed E-state index contributed by atoms with van der Waals surface area (Å²) in [5.74, 6) is -0.371. The van der Waals surface area contributed by atoms with Crippen molar-refractivity contribution in [1.29, 1.82) is 5.26 Å². The summed E-state index contributed by atoms with van der Waals surface area (Å²) in [6.07, 6.45) is -0.931. The van der Waals surface area contributed by atoms with Crippen LogP contribution in [0.25, 0.3) is 0 Å². The van der Waals surface area contributed by atoms with Crippen molar-refractivity contribution in [2.45, 2.75) is 6.10 Å². The second kappa shape index (κ2) is 7.28. The predicted molar refractivity (Wildman–Crippen MR) is 84.9 cm³/mol. The number of aliphatic hydroxyl groups excluding tert-OH is 1. The molecule has 2 aromatic rings. The van der Waals surface area contributed by atoms with Crippen molar-refractivity contribution < 1.29 is 9.90 Å². The van der Waals surface area contributed by atoms with Crippen LogP contribution in [0.1, 0.15) is 27.6 Å². The summed E-state index contributed by atoms with van der Waals surface area (Å²) in [6.45, 7) is 0.00624. The first kappa shape index (κ1) is 16.3. The molecule has 2 rings (SSSR count). The molecule has 0 bridgehead atoms. The Morgan fingerprint density at radius 3 is 2.55 bits per heavy atom. The molecule has 1 atom stereocenters. The summed E-state index contributed by atoms with van der Waals surface area (Å²) in [6, 6.07) is 13.0. The van der Waals surface area contributed by atoms with Crippen LogP contribution in [0, 0.1) is 11.3 Å². The Morgan fingerprint density at radius 2 is 1.91 bits per heavy atom. The van der Waals surface area contributed by atoms with E-state index < -0.39 is 6.10 Å². The number of halogens is 2. The molecule has 22 heavy (non-hydrogen) atoms. The van der Waals surface area contributed by atoms with Crippen molar-refractivity contribution >= 4 is 29.1 Å². The fourth-order valence-electron chi connectivity index (χ4n) is 1.91. The minimum absolute atomic E-state index is 0.00624. The van der Waals surface area contributed by atoms with Gasteiger partial charge in [0.2, 0.25) is 0 Å². The van der Waals surface area contributed by atoms with E-state index in [9.17, 15) is 9.90 Å². The number of hydrogen-bond donors (Lipinski definition) is 2. The van der Waals surface area contributed by atoms with Gasteiger partial charge in [0.25, 0.3) is 5.91 Å². The van der Waals surface area contributed by atoms with Gasteiger partial charge in [-0.3, -0.25) is 4.79 Å². The number of carbonyl (C=O) groups excluding carboxylic acids is 1. The molecule has 6 heteroatoms. The lowest BCUT2D eigenvalue weighted by atomic mass is 10.1. The van der Waals surface area contributed by atoms with Crippen LogP contribution < -0.4 is 5.32 Å². The molecule has 0 radical (unpaired) electrons. The standard InChI is InChI=1S/C16H12Cl2N2O2/c17-13-5-12(6-14(18)7-13)15(21)9-20-16(22)11-3-1-2-10(4-11)8-19/h1-7,15,21H,9H2,(H,20,22). The molecule has 0 fully saturated rings. The van der Waals surface area contributed by atoms with Gasteiger partial charge in [-0.1, -0.05) is 29.3 Å². The highest BCUT2D eigenvalue weighted by Crippen LogP contribution is 2.23. The fraction of sp³-hybridized carbons (Fsp3) is 0.125. The molecule has 0 heterocycles. The predicted octanol–water partition coefficient (Wildman–Crippen LogP) is 3.33. The van der Waals surface area contributed by atoms with E-state index in [-0.39, 0.29) is 12.5 Å². The number of carbonyl (C=O) groups is 1. The molecule has 0 aromatic heterocycles. The minimum Gasteiger partial charge on any atom is -0.387 e. The maximum absolute atomic E-state index is 12.0. The second-order valence-electron chi connectivity index (χ2n) is 4.62. The number of nitriles is 1. The van der Waals surface area contributed by atoms with Gasteiger partial charge in [-0.15, -0.1) is 0 Å². The van der Waals surface area contributed by atoms with E-state index in [1.807, 2.05) is 6.07 Å². The summed E-state index contributed by atoms with van der Waals surface area (Å²) in [4.78, 5) is 12.0. The second-order valence-corrected chi connectivity index (χ2v) is 5.49. The molecule has 0 spiro atoms. The molecule has 112 valence electrons. The van der Waals surface area contributed by atoms with Crippen LogP contribution in [-0.2, 0) is 0 Å². The minimum atomic E-state index is -0.931. The van der Waals surface area contributed by atoms with Crippen molar-refractivity contribution in [3.05, 3.63) is 69.2 Å². The van der Waals surface area contributed by atoms with Gasteiger partial charge in [0.05, 0.1) is 17.7 Å². The van der Waals surface area contributed by atoms with E-state index in [2.05, 4.69) is 5.32 Å². The Kier molecular flexibility index (Phi) is 5.40. The highest BCUT2D eigenvalue weighted by atomic mass is 35.5. The van der Waals surface area contributed by atoms with Crippen LogP contribution in [0.15, 0.2) is 42.5 Å². The molecular weight excluding hydrogens is 323 g/mol. The van der Waals surface area contributed by atoms with E-state index >= 15 is 0 Å². The van der Waals surface area contributed by atoms with Crippen molar-refractivity contribution in [3.63, 3.8) is 0 Å². The third-order valence-electron chi connectivity index (χ3n) is 2.98. The molecule has 0 aliphatic carbocycles. The van der Waals surface area contributed by atoms with Crippen molar-refractivity contribution in [2.24, 2.45) is 0 Å². The quantitative estimate of drug-likeness (QED) is 0.900. The molecule has 2 N–H and O–H groups in total. The topological polar surface area (TPSA) is 73.1 Å². The molecule has 1 unspecified atom stereocenters. The van der Waals surface area contributed by atoms with Crippen molar-refractivity contribution in [1.82, 2.24) is 5.32 Å². The van der Waals surface area contributed by atoms with Crippen LogP contribution >= 0.6 is 23.2 Å². The first-order valence-corrected chi connectivity index (χ1v) is 7.17. The van der Waals surface area contributed by atoms with E-state index in [0.29, 0.717) is 26.7 Å². The smallest absolute Gasteiger partial charge is 0.251 e. The molecule has 0 aliphatic heterocycles. The number of amides is 1. The van der Waals surface area contributed by atoms with Gasteiger partial charge in [-0.25, -0.2) is 0 Å². The number of nitrogens with zero attached hydrogens (tertiary/aromatic N) is 1. The first-order chi connectivity index (χ1) is 10.5. The summed E-state index contributed by atoms with van der Waals surface area (Å²) in [5.41, 5.74) is 1.27. The molecule has 0 saturated carbocycles. The third kappa shape index (κ3) is 4.22.